The molecule has 6 atom stereocenters. The Morgan fingerprint density at radius 1 is 1.34 bits per heavy atom. The monoisotopic (exact) mass is 448 g/mol. The van der Waals surface area contributed by atoms with Gasteiger partial charge in [0.1, 0.15) is 11.8 Å². The third-order valence-electron chi connectivity index (χ3n) is 6.22. The average molecular weight is 449 g/mol. The van der Waals surface area contributed by atoms with Crippen LogP contribution in [0.5, 0.6) is 0 Å². The summed E-state index contributed by atoms with van der Waals surface area (Å²) in [6.45, 7) is 8.23. The maximum Gasteiger partial charge on any atom is 0.308 e. The van der Waals surface area contributed by atoms with Gasteiger partial charge in [-0.15, -0.1) is 0 Å². The summed E-state index contributed by atoms with van der Waals surface area (Å²) in [5.74, 6) is -0.138. The summed E-state index contributed by atoms with van der Waals surface area (Å²) >= 11 is 0. The van der Waals surface area contributed by atoms with Crippen LogP contribution >= 0.6 is 0 Å². The molecule has 11 nitrogen and oxygen atoms in total. The number of imidazole rings is 1. The predicted molar refractivity (Wildman–Crippen MR) is 115 cm³/mol. The van der Waals surface area contributed by atoms with E-state index in [0.29, 0.717) is 43.0 Å². The number of fused-ring (bicyclic) bond motifs is 2. The summed E-state index contributed by atoms with van der Waals surface area (Å²) < 4.78 is 25.1. The van der Waals surface area contributed by atoms with Crippen molar-refractivity contribution in [2.75, 3.05) is 18.9 Å². The molecule has 4 heterocycles. The molecule has 0 radical (unpaired) electrons. The zero-order chi connectivity index (χ0) is 23.0. The standard InChI is InChI=1S/C21H32N6O5/c1-11(2)31-19(28)12(3)5-6-29-15-7-13-14(8-30-15)32-20(21(13,4)23)27-10-26-16-17(22)24-9-25-18(16)27/h9-15,20H,5-8,23H2,1-4H3,(H2,22,24,25)/t12-,13+,14+,15+,20+,21+/m0/s1. The first-order valence-electron chi connectivity index (χ1n) is 11.0. The van der Waals surface area contributed by atoms with Gasteiger partial charge in [-0.25, -0.2) is 15.0 Å². The van der Waals surface area contributed by atoms with Gasteiger partial charge in [-0.1, -0.05) is 6.92 Å². The van der Waals surface area contributed by atoms with E-state index in [-0.39, 0.29) is 30.0 Å². The van der Waals surface area contributed by atoms with Gasteiger partial charge in [-0.3, -0.25) is 9.36 Å². The van der Waals surface area contributed by atoms with Crippen molar-refractivity contribution < 1.29 is 23.7 Å². The highest BCUT2D eigenvalue weighted by Gasteiger charge is 2.55. The van der Waals surface area contributed by atoms with Crippen molar-refractivity contribution in [3.05, 3.63) is 12.7 Å². The van der Waals surface area contributed by atoms with Crippen LogP contribution in [0.25, 0.3) is 11.2 Å². The van der Waals surface area contributed by atoms with Crippen LogP contribution in [0.1, 0.15) is 46.8 Å². The second-order valence-electron chi connectivity index (χ2n) is 9.13. The van der Waals surface area contributed by atoms with E-state index in [1.54, 1.807) is 6.33 Å². The van der Waals surface area contributed by atoms with E-state index in [0.717, 1.165) is 0 Å². The number of carbonyl (C=O) groups is 1. The van der Waals surface area contributed by atoms with Crippen LogP contribution in [0.4, 0.5) is 5.82 Å². The summed E-state index contributed by atoms with van der Waals surface area (Å²) in [7, 11) is 0. The molecule has 0 aromatic carbocycles. The molecule has 32 heavy (non-hydrogen) atoms. The van der Waals surface area contributed by atoms with E-state index >= 15 is 0 Å². The second kappa shape index (κ2) is 8.89. The maximum atomic E-state index is 12.0. The molecule has 11 heteroatoms. The molecule has 2 aliphatic rings. The van der Waals surface area contributed by atoms with Gasteiger partial charge in [-0.2, -0.15) is 0 Å². The van der Waals surface area contributed by atoms with Crippen LogP contribution in [0.2, 0.25) is 0 Å². The zero-order valence-corrected chi connectivity index (χ0v) is 18.9. The van der Waals surface area contributed by atoms with Crippen LogP contribution < -0.4 is 11.5 Å². The predicted octanol–water partition coefficient (Wildman–Crippen LogP) is 1.38. The molecule has 2 aliphatic heterocycles. The highest BCUT2D eigenvalue weighted by Crippen LogP contribution is 2.46. The number of nitrogens with zero attached hydrogens (tertiary/aromatic N) is 4. The van der Waals surface area contributed by atoms with Crippen LogP contribution in [-0.2, 0) is 23.7 Å². The molecule has 4 N–H and O–H groups in total. The highest BCUT2D eigenvalue weighted by molar-refractivity contribution is 5.81. The van der Waals surface area contributed by atoms with Gasteiger partial charge in [0.05, 0.1) is 43.2 Å². The van der Waals surface area contributed by atoms with Crippen molar-refractivity contribution in [1.29, 1.82) is 0 Å². The Balaban J connectivity index is 1.38. The number of nitrogen functional groups attached to an aromatic ring is 1. The van der Waals surface area contributed by atoms with Crippen molar-refractivity contribution in [2.45, 2.75) is 70.8 Å². The molecular formula is C21H32N6O5. The fourth-order valence-corrected chi connectivity index (χ4v) is 4.40. The van der Waals surface area contributed by atoms with Crippen molar-refractivity contribution in [2.24, 2.45) is 17.6 Å². The van der Waals surface area contributed by atoms with E-state index in [1.807, 2.05) is 32.3 Å². The number of esters is 1. The molecule has 0 saturated carbocycles. The molecule has 0 amide bonds. The Hall–Kier alpha value is -2.34. The summed E-state index contributed by atoms with van der Waals surface area (Å²) in [6, 6.07) is 0. The Morgan fingerprint density at radius 2 is 2.12 bits per heavy atom. The third-order valence-corrected chi connectivity index (χ3v) is 6.22. The van der Waals surface area contributed by atoms with Gasteiger partial charge in [-0.05, 0) is 27.2 Å². The van der Waals surface area contributed by atoms with E-state index in [9.17, 15) is 4.79 Å². The van der Waals surface area contributed by atoms with Gasteiger partial charge in [0, 0.05) is 12.3 Å². The smallest absolute Gasteiger partial charge is 0.308 e. The number of rotatable bonds is 7. The Bertz CT molecular complexity index is 963. The first-order valence-corrected chi connectivity index (χ1v) is 11.0. The topological polar surface area (TPSA) is 150 Å². The van der Waals surface area contributed by atoms with Crippen LogP contribution in [-0.4, -0.2) is 62.7 Å². The fraction of sp³-hybridized carbons (Fsp3) is 0.714. The average Bonchev–Trinajstić information content (AvgIpc) is 3.27. The van der Waals surface area contributed by atoms with E-state index in [2.05, 4.69) is 15.0 Å². The molecular weight excluding hydrogens is 416 g/mol. The lowest BCUT2D eigenvalue weighted by Crippen LogP contribution is -2.51. The molecule has 0 aliphatic carbocycles. The fourth-order valence-electron chi connectivity index (χ4n) is 4.40. The third kappa shape index (κ3) is 4.29. The molecule has 2 saturated heterocycles. The van der Waals surface area contributed by atoms with E-state index in [1.165, 1.54) is 6.33 Å². The first-order chi connectivity index (χ1) is 15.2. The van der Waals surface area contributed by atoms with Gasteiger partial charge in [0.2, 0.25) is 0 Å². The Labute approximate surface area is 186 Å². The van der Waals surface area contributed by atoms with Crippen molar-refractivity contribution in [3.63, 3.8) is 0 Å². The number of aromatic nitrogens is 4. The molecule has 4 rings (SSSR count). The number of hydrogen-bond acceptors (Lipinski definition) is 10. The number of hydrogen-bond donors (Lipinski definition) is 2. The molecule has 176 valence electrons. The van der Waals surface area contributed by atoms with Gasteiger partial charge < -0.3 is 30.4 Å². The molecule has 2 aromatic rings. The molecule has 2 aromatic heterocycles. The lowest BCUT2D eigenvalue weighted by atomic mass is 9.80. The highest BCUT2D eigenvalue weighted by atomic mass is 16.7. The van der Waals surface area contributed by atoms with Gasteiger partial charge in [0.15, 0.2) is 24.0 Å². The van der Waals surface area contributed by atoms with Crippen LogP contribution in [0.15, 0.2) is 12.7 Å². The second-order valence-corrected chi connectivity index (χ2v) is 9.13. The number of anilines is 1. The minimum atomic E-state index is -0.711. The Morgan fingerprint density at radius 3 is 2.88 bits per heavy atom. The molecule has 0 bridgehead atoms. The van der Waals surface area contributed by atoms with Crippen molar-refractivity contribution >= 4 is 23.0 Å². The largest absolute Gasteiger partial charge is 0.463 e. The number of ether oxygens (including phenoxy) is 4. The zero-order valence-electron chi connectivity index (χ0n) is 18.9. The number of nitrogens with two attached hydrogens (primary N) is 2. The van der Waals surface area contributed by atoms with Crippen molar-refractivity contribution in [3.8, 4) is 0 Å². The Kier molecular flexibility index (Phi) is 6.35. The lowest BCUT2D eigenvalue weighted by Gasteiger charge is -2.36. The molecule has 0 spiro atoms. The normalized spacial score (nSPS) is 31.1. The first kappa shape index (κ1) is 22.8. The quantitative estimate of drug-likeness (QED) is 0.595. The number of carbonyl (C=O) groups excluding carboxylic acids is 1. The summed E-state index contributed by atoms with van der Waals surface area (Å²) in [4.78, 5) is 24.6. The van der Waals surface area contributed by atoms with E-state index in [4.69, 9.17) is 30.4 Å². The van der Waals surface area contributed by atoms with Crippen LogP contribution in [0, 0.1) is 11.8 Å². The minimum Gasteiger partial charge on any atom is -0.463 e. The lowest BCUT2D eigenvalue weighted by molar-refractivity contribution is -0.203. The SMILES string of the molecule is CC(C)OC(=O)[C@@H](C)CCO[C@H]1C[C@@H]2[C@@H](CO1)O[C@@H](n1cnc3c(N)ncnc31)[C@]2(C)N. The summed E-state index contributed by atoms with van der Waals surface area (Å²) in [5, 5.41) is 0. The van der Waals surface area contributed by atoms with E-state index < -0.39 is 18.1 Å². The van der Waals surface area contributed by atoms with Crippen molar-refractivity contribution in [1.82, 2.24) is 19.5 Å². The van der Waals surface area contributed by atoms with Gasteiger partial charge >= 0.3 is 5.97 Å². The van der Waals surface area contributed by atoms with Gasteiger partial charge in [0.25, 0.3) is 0 Å². The summed E-state index contributed by atoms with van der Waals surface area (Å²) in [6.07, 6.45) is 2.98. The van der Waals surface area contributed by atoms with Crippen LogP contribution in [0.3, 0.4) is 0 Å². The molecule has 2 fully saturated rings. The maximum absolute atomic E-state index is 12.0. The molecule has 0 unspecified atom stereocenters. The minimum absolute atomic E-state index is 0.00575. The summed E-state index contributed by atoms with van der Waals surface area (Å²) in [5.41, 5.74) is 13.1.